The third-order valence-corrected chi connectivity index (χ3v) is 6.40. The third-order valence-electron chi connectivity index (χ3n) is 6.40. The predicted molar refractivity (Wildman–Crippen MR) is 135 cm³/mol. The standard InChI is InChI=1S/C29H27N3O2/c1-2-31(20-21-11-5-3-6-12-21)27-26(22-13-7-4-8-14-22)28(33)32(29(27)34)18-17-23-19-30-25-16-10-9-15-24(23)25/h3-16,19,30H,2,17-18,20H2,1H3. The van der Waals surface area contributed by atoms with Crippen LogP contribution in [0.4, 0.5) is 0 Å². The number of aromatic nitrogens is 1. The second kappa shape index (κ2) is 9.40. The summed E-state index contributed by atoms with van der Waals surface area (Å²) in [4.78, 5) is 34.1. The molecular weight excluding hydrogens is 422 g/mol. The number of nitrogens with zero attached hydrogens (tertiary/aromatic N) is 2. The van der Waals surface area contributed by atoms with E-state index >= 15 is 0 Å². The first-order chi connectivity index (χ1) is 16.7. The van der Waals surface area contributed by atoms with E-state index in [0.717, 1.165) is 27.6 Å². The highest BCUT2D eigenvalue weighted by molar-refractivity contribution is 6.35. The van der Waals surface area contributed by atoms with Gasteiger partial charge in [-0.15, -0.1) is 0 Å². The SMILES string of the molecule is CCN(Cc1ccccc1)C1=C(c2ccccc2)C(=O)N(CCc2c[nH]c3ccccc23)C1=O. The Morgan fingerprint density at radius 3 is 2.24 bits per heavy atom. The van der Waals surface area contributed by atoms with Gasteiger partial charge in [0.15, 0.2) is 0 Å². The first kappa shape index (κ1) is 21.7. The number of imide groups is 1. The Balaban J connectivity index is 1.47. The van der Waals surface area contributed by atoms with Gasteiger partial charge in [0, 0.05) is 36.7 Å². The average Bonchev–Trinajstić information content (AvgIpc) is 3.40. The molecule has 1 aliphatic heterocycles. The Morgan fingerprint density at radius 2 is 1.50 bits per heavy atom. The molecule has 0 atom stereocenters. The van der Waals surface area contributed by atoms with E-state index in [4.69, 9.17) is 0 Å². The van der Waals surface area contributed by atoms with Crippen molar-refractivity contribution in [3.8, 4) is 0 Å². The van der Waals surface area contributed by atoms with Crippen LogP contribution in [0.1, 0.15) is 23.6 Å². The summed E-state index contributed by atoms with van der Waals surface area (Å²) in [6.07, 6.45) is 2.57. The van der Waals surface area contributed by atoms with Gasteiger partial charge in [0.05, 0.1) is 5.57 Å². The van der Waals surface area contributed by atoms with E-state index in [1.807, 2.05) is 96.9 Å². The largest absolute Gasteiger partial charge is 0.362 e. The minimum absolute atomic E-state index is 0.221. The number of H-pyrrole nitrogens is 1. The normalized spacial score (nSPS) is 13.9. The van der Waals surface area contributed by atoms with Crippen LogP contribution in [0.2, 0.25) is 0 Å². The van der Waals surface area contributed by atoms with E-state index < -0.39 is 0 Å². The van der Waals surface area contributed by atoms with Crippen LogP contribution in [0.5, 0.6) is 0 Å². The lowest BCUT2D eigenvalue weighted by Gasteiger charge is -2.25. The smallest absolute Gasteiger partial charge is 0.277 e. The monoisotopic (exact) mass is 449 g/mol. The van der Waals surface area contributed by atoms with E-state index in [2.05, 4.69) is 11.1 Å². The fourth-order valence-electron chi connectivity index (χ4n) is 4.65. The van der Waals surface area contributed by atoms with Crippen LogP contribution in [0, 0.1) is 0 Å². The number of fused-ring (bicyclic) bond motifs is 1. The Morgan fingerprint density at radius 1 is 0.824 bits per heavy atom. The molecule has 0 radical (unpaired) electrons. The van der Waals surface area contributed by atoms with Crippen LogP contribution in [0.3, 0.4) is 0 Å². The number of amides is 2. The molecule has 0 saturated heterocycles. The van der Waals surface area contributed by atoms with Crippen LogP contribution >= 0.6 is 0 Å². The second-order valence-electron chi connectivity index (χ2n) is 8.46. The molecule has 1 aromatic heterocycles. The van der Waals surface area contributed by atoms with Crippen LogP contribution in [-0.4, -0.2) is 39.7 Å². The van der Waals surface area contributed by atoms with Crippen LogP contribution in [-0.2, 0) is 22.6 Å². The van der Waals surface area contributed by atoms with E-state index in [-0.39, 0.29) is 11.8 Å². The zero-order valence-electron chi connectivity index (χ0n) is 19.2. The number of hydrogen-bond acceptors (Lipinski definition) is 3. The van der Waals surface area contributed by atoms with Crippen molar-refractivity contribution in [2.75, 3.05) is 13.1 Å². The summed E-state index contributed by atoms with van der Waals surface area (Å²) in [5, 5.41) is 1.12. The van der Waals surface area contributed by atoms with Crippen LogP contribution < -0.4 is 0 Å². The topological polar surface area (TPSA) is 56.4 Å². The summed E-state index contributed by atoms with van der Waals surface area (Å²) in [5.41, 5.74) is 5.01. The van der Waals surface area contributed by atoms with Crippen molar-refractivity contribution < 1.29 is 9.59 Å². The minimum Gasteiger partial charge on any atom is -0.362 e. The maximum atomic E-state index is 13.7. The third kappa shape index (κ3) is 4.01. The Hall–Kier alpha value is -4.12. The molecule has 2 heterocycles. The average molecular weight is 450 g/mol. The minimum atomic E-state index is -0.224. The number of carbonyl (C=O) groups excluding carboxylic acids is 2. The molecule has 34 heavy (non-hydrogen) atoms. The van der Waals surface area contributed by atoms with Crippen molar-refractivity contribution in [2.24, 2.45) is 0 Å². The molecule has 0 saturated carbocycles. The molecule has 2 amide bonds. The number of rotatable bonds is 8. The summed E-state index contributed by atoms with van der Waals surface area (Å²) in [7, 11) is 0. The predicted octanol–water partition coefficient (Wildman–Crippen LogP) is 5.01. The summed E-state index contributed by atoms with van der Waals surface area (Å²) in [6, 6.07) is 27.7. The molecular formula is C29H27N3O2. The van der Waals surface area contributed by atoms with Gasteiger partial charge >= 0.3 is 0 Å². The maximum Gasteiger partial charge on any atom is 0.277 e. The van der Waals surface area contributed by atoms with Crippen molar-refractivity contribution in [3.63, 3.8) is 0 Å². The number of nitrogens with one attached hydrogen (secondary N) is 1. The first-order valence-electron chi connectivity index (χ1n) is 11.7. The molecule has 5 rings (SSSR count). The molecule has 0 unspecified atom stereocenters. The lowest BCUT2D eigenvalue weighted by molar-refractivity contribution is -0.137. The van der Waals surface area contributed by atoms with Crippen molar-refractivity contribution >= 4 is 28.3 Å². The zero-order chi connectivity index (χ0) is 23.5. The van der Waals surface area contributed by atoms with Gasteiger partial charge in [0.2, 0.25) is 0 Å². The summed E-state index contributed by atoms with van der Waals surface area (Å²) < 4.78 is 0. The van der Waals surface area contributed by atoms with E-state index in [9.17, 15) is 9.59 Å². The quantitative estimate of drug-likeness (QED) is 0.385. The Labute approximate surface area is 199 Å². The lowest BCUT2D eigenvalue weighted by atomic mass is 10.0. The van der Waals surface area contributed by atoms with Gasteiger partial charge in [-0.1, -0.05) is 78.9 Å². The molecule has 0 fully saturated rings. The molecule has 0 bridgehead atoms. The molecule has 0 aliphatic carbocycles. The van der Waals surface area contributed by atoms with Gasteiger partial charge in [-0.05, 0) is 36.1 Å². The summed E-state index contributed by atoms with van der Waals surface area (Å²) in [5.74, 6) is -0.445. The lowest BCUT2D eigenvalue weighted by Crippen LogP contribution is -2.36. The van der Waals surface area contributed by atoms with E-state index in [1.54, 1.807) is 0 Å². The fourth-order valence-corrected chi connectivity index (χ4v) is 4.65. The van der Waals surface area contributed by atoms with Crippen molar-refractivity contribution in [2.45, 2.75) is 19.9 Å². The zero-order valence-corrected chi connectivity index (χ0v) is 19.2. The first-order valence-corrected chi connectivity index (χ1v) is 11.7. The Bertz CT molecular complexity index is 1360. The van der Waals surface area contributed by atoms with Crippen LogP contribution in [0.25, 0.3) is 16.5 Å². The number of benzene rings is 3. The highest BCUT2D eigenvalue weighted by Gasteiger charge is 2.41. The van der Waals surface area contributed by atoms with Crippen molar-refractivity contribution in [1.82, 2.24) is 14.8 Å². The number of carbonyl (C=O) groups is 2. The molecule has 0 spiro atoms. The number of para-hydroxylation sites is 1. The number of aromatic amines is 1. The van der Waals surface area contributed by atoms with Crippen LogP contribution in [0.15, 0.2) is 96.8 Å². The fraction of sp³-hybridized carbons (Fsp3) is 0.172. The highest BCUT2D eigenvalue weighted by Crippen LogP contribution is 2.33. The maximum absolute atomic E-state index is 13.7. The van der Waals surface area contributed by atoms with E-state index in [1.165, 1.54) is 4.90 Å². The van der Waals surface area contributed by atoms with Gasteiger partial charge < -0.3 is 9.88 Å². The highest BCUT2D eigenvalue weighted by atomic mass is 16.2. The van der Waals surface area contributed by atoms with Gasteiger partial charge in [0.1, 0.15) is 5.70 Å². The second-order valence-corrected chi connectivity index (χ2v) is 8.46. The molecule has 5 nitrogen and oxygen atoms in total. The van der Waals surface area contributed by atoms with Gasteiger partial charge in [-0.25, -0.2) is 0 Å². The van der Waals surface area contributed by atoms with E-state index in [0.29, 0.717) is 37.3 Å². The molecule has 3 aromatic carbocycles. The van der Waals surface area contributed by atoms with Gasteiger partial charge in [0.25, 0.3) is 11.8 Å². The molecule has 1 aliphatic rings. The number of likely N-dealkylation sites (N-methyl/N-ethyl adjacent to an activating group) is 1. The molecule has 5 heteroatoms. The summed E-state index contributed by atoms with van der Waals surface area (Å²) in [6.45, 7) is 3.54. The van der Waals surface area contributed by atoms with Gasteiger partial charge in [-0.2, -0.15) is 0 Å². The molecule has 1 N–H and O–H groups in total. The van der Waals surface area contributed by atoms with Crippen molar-refractivity contribution in [1.29, 1.82) is 0 Å². The molecule has 170 valence electrons. The Kier molecular flexibility index (Phi) is 6.00. The van der Waals surface area contributed by atoms with Gasteiger partial charge in [-0.3, -0.25) is 14.5 Å². The number of hydrogen-bond donors (Lipinski definition) is 1. The van der Waals surface area contributed by atoms with Crippen molar-refractivity contribution in [3.05, 3.63) is 114 Å². The molecule has 4 aromatic rings. The summed E-state index contributed by atoms with van der Waals surface area (Å²) >= 11 is 0.